The number of carbonyl (C=O) groups excluding carboxylic acids is 2. The molecule has 8 nitrogen and oxygen atoms in total. The topological polar surface area (TPSA) is 96.0 Å². The van der Waals surface area contributed by atoms with Gasteiger partial charge in [-0.05, 0) is 54.8 Å². The van der Waals surface area contributed by atoms with Crippen LogP contribution in [-0.4, -0.2) is 50.9 Å². The summed E-state index contributed by atoms with van der Waals surface area (Å²) in [4.78, 5) is 30.0. The molecule has 11 heteroatoms. The third-order valence-electron chi connectivity index (χ3n) is 8.55. The molecule has 1 atom stereocenters. The predicted molar refractivity (Wildman–Crippen MR) is 185 cm³/mol. The molecular weight excluding hydrogens is 653 g/mol. The Labute approximate surface area is 286 Å². The molecule has 0 unspecified atom stereocenters. The number of benzene rings is 4. The monoisotopic (exact) mass is 691 g/mol. The molecule has 4 aromatic carbocycles. The summed E-state index contributed by atoms with van der Waals surface area (Å²) in [6, 6.07) is 26.3. The van der Waals surface area contributed by atoms with Gasteiger partial charge in [-0.15, -0.1) is 0 Å². The first kappa shape index (κ1) is 34.9. The highest BCUT2D eigenvalue weighted by Crippen LogP contribution is 2.32. The van der Waals surface area contributed by atoms with E-state index in [1.807, 2.05) is 30.3 Å². The fourth-order valence-electron chi connectivity index (χ4n) is 5.97. The molecule has 1 aliphatic rings. The number of methoxy groups -OCH3 is 1. The number of hydrogen-bond donors (Lipinski definition) is 1. The zero-order chi connectivity index (χ0) is 34.1. The van der Waals surface area contributed by atoms with Crippen LogP contribution in [0, 0.1) is 5.82 Å². The number of ether oxygens (including phenoxy) is 1. The average Bonchev–Trinajstić information content (AvgIpc) is 3.10. The van der Waals surface area contributed by atoms with Crippen molar-refractivity contribution >= 4 is 39.1 Å². The molecule has 1 N–H and O–H groups in total. The van der Waals surface area contributed by atoms with E-state index in [1.165, 1.54) is 48.4 Å². The van der Waals surface area contributed by atoms with E-state index in [0.29, 0.717) is 5.75 Å². The van der Waals surface area contributed by atoms with Crippen molar-refractivity contribution in [2.24, 2.45) is 0 Å². The standard InChI is InChI=1S/C37H39ClFN3O5S/c1-47-35-22-21-30(24-32(35)38)42(48(45,46)31-18-9-4-10-19-31)26-36(43)41(25-28-15-11-12-20-33(28)39)34(23-27-13-5-2-6-14-27)37(44)40-29-16-7-3-8-17-29/h2,4-6,9-15,18-22,24,29,34H,3,7-8,16-17,23,25-26H2,1H3,(H,40,44)/t34-/m1/s1. The SMILES string of the molecule is COc1ccc(N(CC(=O)N(Cc2ccccc2F)[C@H](Cc2ccccc2)C(=O)NC2CCCCC2)S(=O)(=O)c2ccccc2)cc1Cl. The molecule has 0 radical (unpaired) electrons. The van der Waals surface area contributed by atoms with Crippen LogP contribution < -0.4 is 14.4 Å². The van der Waals surface area contributed by atoms with Crippen LogP contribution >= 0.6 is 11.6 Å². The van der Waals surface area contributed by atoms with Crippen molar-refractivity contribution < 1.29 is 27.1 Å². The van der Waals surface area contributed by atoms with Gasteiger partial charge in [0.15, 0.2) is 0 Å². The van der Waals surface area contributed by atoms with Gasteiger partial charge < -0.3 is 15.0 Å². The summed E-state index contributed by atoms with van der Waals surface area (Å²) < 4.78 is 49.7. The summed E-state index contributed by atoms with van der Waals surface area (Å²) in [6.07, 6.45) is 4.86. The Kier molecular flexibility index (Phi) is 11.7. The van der Waals surface area contributed by atoms with Crippen LogP contribution in [0.5, 0.6) is 5.75 Å². The van der Waals surface area contributed by atoms with E-state index in [2.05, 4.69) is 5.32 Å². The van der Waals surface area contributed by atoms with E-state index < -0.39 is 34.3 Å². The van der Waals surface area contributed by atoms with Crippen LogP contribution in [0.25, 0.3) is 0 Å². The highest BCUT2D eigenvalue weighted by molar-refractivity contribution is 7.92. The Balaban J connectivity index is 1.58. The lowest BCUT2D eigenvalue weighted by atomic mass is 9.94. The number of hydrogen-bond acceptors (Lipinski definition) is 5. The van der Waals surface area contributed by atoms with Crippen LogP contribution in [0.1, 0.15) is 43.2 Å². The third-order valence-corrected chi connectivity index (χ3v) is 10.6. The second-order valence-corrected chi connectivity index (χ2v) is 14.1. The predicted octanol–water partition coefficient (Wildman–Crippen LogP) is 6.77. The van der Waals surface area contributed by atoms with Gasteiger partial charge in [-0.2, -0.15) is 0 Å². The van der Waals surface area contributed by atoms with Crippen molar-refractivity contribution in [3.63, 3.8) is 0 Å². The van der Waals surface area contributed by atoms with Gasteiger partial charge in [-0.3, -0.25) is 13.9 Å². The third kappa shape index (κ3) is 8.54. The summed E-state index contributed by atoms with van der Waals surface area (Å²) in [7, 11) is -2.88. The number of anilines is 1. The number of halogens is 2. The summed E-state index contributed by atoms with van der Waals surface area (Å²) in [5.41, 5.74) is 1.11. The van der Waals surface area contributed by atoms with Gasteiger partial charge in [0, 0.05) is 24.6 Å². The molecule has 0 heterocycles. The molecule has 0 saturated heterocycles. The molecular formula is C37H39ClFN3O5S. The summed E-state index contributed by atoms with van der Waals surface area (Å²) in [5, 5.41) is 3.29. The van der Waals surface area contributed by atoms with E-state index in [4.69, 9.17) is 16.3 Å². The largest absolute Gasteiger partial charge is 0.495 e. The van der Waals surface area contributed by atoms with Crippen LogP contribution in [0.15, 0.2) is 108 Å². The van der Waals surface area contributed by atoms with Crippen molar-refractivity contribution in [3.8, 4) is 5.75 Å². The summed E-state index contributed by atoms with van der Waals surface area (Å²) >= 11 is 6.43. The summed E-state index contributed by atoms with van der Waals surface area (Å²) in [5.74, 6) is -1.28. The highest BCUT2D eigenvalue weighted by atomic mass is 35.5. The van der Waals surface area contributed by atoms with E-state index in [-0.39, 0.29) is 46.1 Å². The lowest BCUT2D eigenvalue weighted by molar-refractivity contribution is -0.140. The van der Waals surface area contributed by atoms with E-state index in [1.54, 1.807) is 36.4 Å². The fraction of sp³-hybridized carbons (Fsp3) is 0.297. The first-order valence-corrected chi connectivity index (χ1v) is 17.8. The smallest absolute Gasteiger partial charge is 0.264 e. The molecule has 2 amide bonds. The van der Waals surface area contributed by atoms with Crippen molar-refractivity contribution in [1.29, 1.82) is 0 Å². The summed E-state index contributed by atoms with van der Waals surface area (Å²) in [6.45, 7) is -0.944. The van der Waals surface area contributed by atoms with Gasteiger partial charge >= 0.3 is 0 Å². The maximum absolute atomic E-state index is 15.2. The normalized spacial score (nSPS) is 14.1. The number of nitrogens with zero attached hydrogens (tertiary/aromatic N) is 2. The molecule has 252 valence electrons. The maximum Gasteiger partial charge on any atom is 0.264 e. The Bertz CT molecular complexity index is 1800. The quantitative estimate of drug-likeness (QED) is 0.167. The molecule has 0 aromatic heterocycles. The Morgan fingerprint density at radius 3 is 2.21 bits per heavy atom. The van der Waals surface area contributed by atoms with Crippen LogP contribution in [0.2, 0.25) is 5.02 Å². The minimum Gasteiger partial charge on any atom is -0.495 e. The van der Waals surface area contributed by atoms with E-state index >= 15 is 4.39 Å². The minimum atomic E-state index is -4.32. The van der Waals surface area contributed by atoms with Gasteiger partial charge in [-0.1, -0.05) is 97.6 Å². The highest BCUT2D eigenvalue weighted by Gasteiger charge is 2.36. The molecule has 1 fully saturated rings. The number of sulfonamides is 1. The molecule has 0 aliphatic heterocycles. The molecule has 4 aromatic rings. The average molecular weight is 692 g/mol. The van der Waals surface area contributed by atoms with Crippen molar-refractivity contribution in [1.82, 2.24) is 10.2 Å². The lowest BCUT2D eigenvalue weighted by Crippen LogP contribution is -2.55. The molecule has 5 rings (SSSR count). The van der Waals surface area contributed by atoms with Crippen LogP contribution in [-0.2, 0) is 32.6 Å². The van der Waals surface area contributed by atoms with Crippen LogP contribution in [0.3, 0.4) is 0 Å². The number of amides is 2. The molecule has 48 heavy (non-hydrogen) atoms. The van der Waals surface area contributed by atoms with Gasteiger partial charge in [-0.25, -0.2) is 12.8 Å². The maximum atomic E-state index is 15.2. The Morgan fingerprint density at radius 1 is 0.917 bits per heavy atom. The van der Waals surface area contributed by atoms with Crippen LogP contribution in [0.4, 0.5) is 10.1 Å². The number of nitrogens with one attached hydrogen (secondary N) is 1. The van der Waals surface area contributed by atoms with E-state index in [0.717, 1.165) is 42.0 Å². The van der Waals surface area contributed by atoms with Crippen molar-refractivity contribution in [3.05, 3.63) is 125 Å². The first-order chi connectivity index (χ1) is 23.2. The van der Waals surface area contributed by atoms with E-state index in [9.17, 15) is 18.0 Å². The number of rotatable bonds is 13. The molecule has 0 spiro atoms. The van der Waals surface area contributed by atoms with Gasteiger partial charge in [0.25, 0.3) is 10.0 Å². The zero-order valence-corrected chi connectivity index (χ0v) is 28.3. The zero-order valence-electron chi connectivity index (χ0n) is 26.7. The lowest BCUT2D eigenvalue weighted by Gasteiger charge is -2.35. The first-order valence-electron chi connectivity index (χ1n) is 16.0. The second kappa shape index (κ2) is 16.1. The number of carbonyl (C=O) groups is 2. The minimum absolute atomic E-state index is 0.0405. The van der Waals surface area contributed by atoms with Crippen molar-refractivity contribution in [2.75, 3.05) is 18.0 Å². The second-order valence-electron chi connectivity index (χ2n) is 11.8. The van der Waals surface area contributed by atoms with Gasteiger partial charge in [0.2, 0.25) is 11.8 Å². The molecule has 1 saturated carbocycles. The Morgan fingerprint density at radius 2 is 1.56 bits per heavy atom. The van der Waals surface area contributed by atoms with Gasteiger partial charge in [0.1, 0.15) is 24.2 Å². The fourth-order valence-corrected chi connectivity index (χ4v) is 7.65. The molecule has 1 aliphatic carbocycles. The van der Waals surface area contributed by atoms with Crippen molar-refractivity contribution in [2.45, 2.75) is 62.0 Å². The molecule has 0 bridgehead atoms. The van der Waals surface area contributed by atoms with Gasteiger partial charge in [0.05, 0.1) is 22.7 Å². The Hall–Kier alpha value is -4.41.